The molecule has 0 aromatic heterocycles. The molecule has 0 saturated heterocycles. The maximum Gasteiger partial charge on any atom is 0.0519 e. The number of hydrogen-bond donors (Lipinski definition) is 0. The van der Waals surface area contributed by atoms with Crippen LogP contribution in [0.15, 0.2) is 121 Å². The molecule has 4 rings (SSSR count). The van der Waals surface area contributed by atoms with Crippen LogP contribution in [-0.4, -0.2) is 0 Å². The van der Waals surface area contributed by atoms with Crippen LogP contribution in [0.2, 0.25) is 0 Å². The number of unbranched alkanes of at least 4 members (excludes halogenated alkanes) is 2. The van der Waals surface area contributed by atoms with Crippen LogP contribution in [0.1, 0.15) is 60.8 Å². The van der Waals surface area contributed by atoms with Gasteiger partial charge in [-0.15, -0.1) is 0 Å². The molecule has 0 N–H and O–H groups in total. The predicted octanol–water partition coefficient (Wildman–Crippen LogP) is 8.39. The first-order valence-electron chi connectivity index (χ1n) is 11.6. The normalized spacial score (nSPS) is 12.4. The van der Waals surface area contributed by atoms with E-state index in [-0.39, 0.29) is 5.41 Å². The summed E-state index contributed by atoms with van der Waals surface area (Å²) in [5.74, 6) is 0.340. The van der Waals surface area contributed by atoms with Crippen molar-refractivity contribution in [2.45, 2.75) is 43.9 Å². The fraction of sp³-hybridized carbons (Fsp3) is 0.226. The van der Waals surface area contributed by atoms with Crippen LogP contribution in [0.3, 0.4) is 0 Å². The molecule has 0 aliphatic heterocycles. The quantitative estimate of drug-likeness (QED) is 0.194. The Labute approximate surface area is 187 Å². The fourth-order valence-corrected chi connectivity index (χ4v) is 5.12. The van der Waals surface area contributed by atoms with Crippen molar-refractivity contribution < 1.29 is 0 Å². The third kappa shape index (κ3) is 4.35. The van der Waals surface area contributed by atoms with Crippen LogP contribution in [0.25, 0.3) is 0 Å². The van der Waals surface area contributed by atoms with Crippen molar-refractivity contribution in [3.63, 3.8) is 0 Å². The van der Waals surface area contributed by atoms with E-state index in [4.69, 9.17) is 0 Å². The van der Waals surface area contributed by atoms with Crippen LogP contribution in [-0.2, 0) is 5.41 Å². The molecule has 156 valence electrons. The minimum absolute atomic E-state index is 0.251. The third-order valence-electron chi connectivity index (χ3n) is 6.51. The van der Waals surface area contributed by atoms with Crippen LogP contribution >= 0.6 is 0 Å². The van der Waals surface area contributed by atoms with E-state index in [1.807, 2.05) is 0 Å². The van der Waals surface area contributed by atoms with Gasteiger partial charge in [-0.1, -0.05) is 148 Å². The maximum absolute atomic E-state index is 2.32. The minimum atomic E-state index is -0.251. The van der Waals surface area contributed by atoms with Gasteiger partial charge in [0.15, 0.2) is 0 Å². The minimum Gasteiger partial charge on any atom is -0.0654 e. The van der Waals surface area contributed by atoms with E-state index in [0.29, 0.717) is 5.92 Å². The molecular formula is C31H32. The Morgan fingerprint density at radius 3 is 1.29 bits per heavy atom. The van der Waals surface area contributed by atoms with Gasteiger partial charge in [0.05, 0.1) is 5.41 Å². The van der Waals surface area contributed by atoms with E-state index in [9.17, 15) is 0 Å². The summed E-state index contributed by atoms with van der Waals surface area (Å²) in [7, 11) is 0. The summed E-state index contributed by atoms with van der Waals surface area (Å²) in [6.07, 6.45) is 4.87. The molecule has 0 nitrogen and oxygen atoms in total. The zero-order valence-electron chi connectivity index (χ0n) is 18.5. The van der Waals surface area contributed by atoms with Gasteiger partial charge in [0.25, 0.3) is 0 Å². The molecule has 0 heteroatoms. The van der Waals surface area contributed by atoms with Crippen molar-refractivity contribution in [3.8, 4) is 0 Å². The smallest absolute Gasteiger partial charge is 0.0519 e. The van der Waals surface area contributed by atoms with Crippen molar-refractivity contribution in [1.29, 1.82) is 0 Å². The Hall–Kier alpha value is -3.12. The van der Waals surface area contributed by atoms with Crippen molar-refractivity contribution in [3.05, 3.63) is 144 Å². The SMILES string of the molecule is CCCCCC(c1ccccc1)C(c1ccccc1)(c1ccccc1)c1ccccc1. The van der Waals surface area contributed by atoms with Crippen molar-refractivity contribution in [2.24, 2.45) is 0 Å². The second-order valence-electron chi connectivity index (χ2n) is 8.37. The van der Waals surface area contributed by atoms with Gasteiger partial charge in [0, 0.05) is 5.92 Å². The monoisotopic (exact) mass is 404 g/mol. The topological polar surface area (TPSA) is 0 Å². The molecular weight excluding hydrogens is 372 g/mol. The van der Waals surface area contributed by atoms with Gasteiger partial charge < -0.3 is 0 Å². The highest BCUT2D eigenvalue weighted by Gasteiger charge is 2.43. The lowest BCUT2D eigenvalue weighted by atomic mass is 9.59. The molecule has 0 saturated carbocycles. The second-order valence-corrected chi connectivity index (χ2v) is 8.37. The second kappa shape index (κ2) is 10.3. The summed E-state index contributed by atoms with van der Waals surface area (Å²) in [6, 6.07) is 44.5. The molecule has 1 atom stereocenters. The number of benzene rings is 4. The van der Waals surface area contributed by atoms with E-state index in [1.54, 1.807) is 0 Å². The zero-order valence-corrected chi connectivity index (χ0v) is 18.5. The van der Waals surface area contributed by atoms with E-state index in [1.165, 1.54) is 41.5 Å². The van der Waals surface area contributed by atoms with Gasteiger partial charge in [0.1, 0.15) is 0 Å². The van der Waals surface area contributed by atoms with E-state index in [0.717, 1.165) is 6.42 Å². The van der Waals surface area contributed by atoms with Gasteiger partial charge in [0.2, 0.25) is 0 Å². The first-order chi connectivity index (χ1) is 15.4. The molecule has 0 fully saturated rings. The van der Waals surface area contributed by atoms with Gasteiger partial charge in [-0.25, -0.2) is 0 Å². The Bertz CT molecular complexity index is 924. The maximum atomic E-state index is 2.32. The summed E-state index contributed by atoms with van der Waals surface area (Å²) < 4.78 is 0. The van der Waals surface area contributed by atoms with E-state index >= 15 is 0 Å². The molecule has 4 aromatic carbocycles. The molecule has 0 aliphatic carbocycles. The molecule has 0 bridgehead atoms. The average Bonchev–Trinajstić information content (AvgIpc) is 2.86. The van der Waals surface area contributed by atoms with Crippen LogP contribution in [0.4, 0.5) is 0 Å². The van der Waals surface area contributed by atoms with Crippen LogP contribution in [0.5, 0.6) is 0 Å². The molecule has 0 heterocycles. The van der Waals surface area contributed by atoms with Crippen LogP contribution < -0.4 is 0 Å². The van der Waals surface area contributed by atoms with Gasteiger partial charge in [-0.05, 0) is 28.7 Å². The molecule has 0 radical (unpaired) electrons. The highest BCUT2D eigenvalue weighted by molar-refractivity contribution is 5.54. The van der Waals surface area contributed by atoms with E-state index < -0.39 is 0 Å². The highest BCUT2D eigenvalue weighted by atomic mass is 14.5. The lowest BCUT2D eigenvalue weighted by molar-refractivity contribution is 0.432. The third-order valence-corrected chi connectivity index (χ3v) is 6.51. The predicted molar refractivity (Wildman–Crippen MR) is 133 cm³/mol. The summed E-state index contributed by atoms with van der Waals surface area (Å²) in [6.45, 7) is 2.29. The number of hydrogen-bond acceptors (Lipinski definition) is 0. The first kappa shape index (κ1) is 21.1. The highest BCUT2D eigenvalue weighted by Crippen LogP contribution is 2.51. The van der Waals surface area contributed by atoms with Crippen molar-refractivity contribution in [1.82, 2.24) is 0 Å². The lowest BCUT2D eigenvalue weighted by Crippen LogP contribution is -2.36. The Morgan fingerprint density at radius 1 is 0.516 bits per heavy atom. The summed E-state index contributed by atoms with van der Waals surface area (Å²) in [5.41, 5.74) is 5.24. The fourth-order valence-electron chi connectivity index (χ4n) is 5.12. The number of rotatable bonds is 9. The summed E-state index contributed by atoms with van der Waals surface area (Å²) >= 11 is 0. The molecule has 1 unspecified atom stereocenters. The average molecular weight is 405 g/mol. The standard InChI is InChI=1S/C31H32/c1-2-3-8-25-30(26-17-9-4-10-18-26)31(27-19-11-5-12-20-27,28-21-13-6-14-22-28)29-23-15-7-16-24-29/h4-7,9-24,30H,2-3,8,25H2,1H3. The molecule has 31 heavy (non-hydrogen) atoms. The van der Waals surface area contributed by atoms with E-state index in [2.05, 4.69) is 128 Å². The molecule has 4 aromatic rings. The molecule has 0 aliphatic rings. The Kier molecular flexibility index (Phi) is 6.99. The molecule has 0 amide bonds. The summed E-state index contributed by atoms with van der Waals surface area (Å²) in [5, 5.41) is 0. The van der Waals surface area contributed by atoms with Crippen molar-refractivity contribution >= 4 is 0 Å². The van der Waals surface area contributed by atoms with Gasteiger partial charge >= 0.3 is 0 Å². The Morgan fingerprint density at radius 2 is 0.903 bits per heavy atom. The first-order valence-corrected chi connectivity index (χ1v) is 11.6. The Balaban J connectivity index is 2.04. The summed E-state index contributed by atoms with van der Waals surface area (Å²) in [4.78, 5) is 0. The van der Waals surface area contributed by atoms with Gasteiger partial charge in [-0.2, -0.15) is 0 Å². The van der Waals surface area contributed by atoms with Gasteiger partial charge in [-0.3, -0.25) is 0 Å². The van der Waals surface area contributed by atoms with Crippen LogP contribution in [0, 0.1) is 0 Å². The molecule has 0 spiro atoms. The van der Waals surface area contributed by atoms with Crippen molar-refractivity contribution in [2.75, 3.05) is 0 Å². The lowest BCUT2D eigenvalue weighted by Gasteiger charge is -2.43. The largest absolute Gasteiger partial charge is 0.0654 e. The zero-order chi connectivity index (χ0) is 21.4.